The van der Waals surface area contributed by atoms with E-state index in [-0.39, 0.29) is 0 Å². The molecule has 3 heteroatoms. The Bertz CT molecular complexity index is 333. The lowest BCUT2D eigenvalue weighted by molar-refractivity contribution is 0.469. The SMILES string of the molecule is N#CCC1(CNCCc2cccs2)CC1. The average Bonchev–Trinajstić information content (AvgIpc) is 2.80. The molecule has 0 saturated heterocycles. The predicted octanol–water partition coefficient (Wildman–Crippen LogP) is 2.57. The highest BCUT2D eigenvalue weighted by Crippen LogP contribution is 2.47. The average molecular weight is 220 g/mol. The molecular formula is C12H16N2S. The van der Waals surface area contributed by atoms with Crippen LogP contribution >= 0.6 is 11.3 Å². The number of thiophene rings is 1. The first kappa shape index (κ1) is 10.7. The summed E-state index contributed by atoms with van der Waals surface area (Å²) in [5.41, 5.74) is 0.337. The van der Waals surface area contributed by atoms with Crippen LogP contribution in [0.15, 0.2) is 17.5 Å². The number of nitrogens with zero attached hydrogens (tertiary/aromatic N) is 1. The molecule has 0 spiro atoms. The summed E-state index contributed by atoms with van der Waals surface area (Å²) in [4.78, 5) is 1.44. The normalized spacial score (nSPS) is 17.3. The van der Waals surface area contributed by atoms with Gasteiger partial charge in [0.25, 0.3) is 0 Å². The monoisotopic (exact) mass is 220 g/mol. The van der Waals surface area contributed by atoms with E-state index in [0.29, 0.717) is 5.41 Å². The highest BCUT2D eigenvalue weighted by molar-refractivity contribution is 7.09. The molecule has 1 aromatic rings. The molecule has 0 bridgehead atoms. The Labute approximate surface area is 94.9 Å². The zero-order chi connectivity index (χ0) is 10.6. The van der Waals surface area contributed by atoms with E-state index in [4.69, 9.17) is 5.26 Å². The van der Waals surface area contributed by atoms with Gasteiger partial charge in [0.05, 0.1) is 6.07 Å². The van der Waals surface area contributed by atoms with Crippen LogP contribution in [0, 0.1) is 16.7 Å². The standard InChI is InChI=1S/C12H16N2S/c13-7-6-12(4-5-12)10-14-8-3-11-2-1-9-15-11/h1-2,9,14H,3-6,8,10H2. The molecule has 1 heterocycles. The first-order valence-electron chi connectivity index (χ1n) is 5.45. The van der Waals surface area contributed by atoms with Gasteiger partial charge in [-0.25, -0.2) is 0 Å². The van der Waals surface area contributed by atoms with Crippen molar-refractivity contribution in [2.45, 2.75) is 25.7 Å². The molecule has 0 amide bonds. The molecule has 1 fully saturated rings. The lowest BCUT2D eigenvalue weighted by Crippen LogP contribution is -2.25. The molecular weight excluding hydrogens is 204 g/mol. The van der Waals surface area contributed by atoms with Crippen molar-refractivity contribution in [3.8, 4) is 6.07 Å². The van der Waals surface area contributed by atoms with Gasteiger partial charge in [0.15, 0.2) is 0 Å². The van der Waals surface area contributed by atoms with E-state index < -0.39 is 0 Å². The summed E-state index contributed by atoms with van der Waals surface area (Å²) in [5.74, 6) is 0. The molecule has 1 aromatic heterocycles. The smallest absolute Gasteiger partial charge is 0.0628 e. The van der Waals surface area contributed by atoms with Crippen LogP contribution in [0.1, 0.15) is 24.1 Å². The second-order valence-electron chi connectivity index (χ2n) is 4.34. The molecule has 0 aromatic carbocycles. The quantitative estimate of drug-likeness (QED) is 0.748. The van der Waals surface area contributed by atoms with Gasteiger partial charge in [0.1, 0.15) is 0 Å². The highest BCUT2D eigenvalue weighted by atomic mass is 32.1. The van der Waals surface area contributed by atoms with E-state index in [9.17, 15) is 0 Å². The third-order valence-electron chi connectivity index (χ3n) is 3.04. The Morgan fingerprint density at radius 3 is 3.00 bits per heavy atom. The van der Waals surface area contributed by atoms with Crippen molar-refractivity contribution < 1.29 is 0 Å². The van der Waals surface area contributed by atoms with Crippen LogP contribution in [0.4, 0.5) is 0 Å². The molecule has 1 aliphatic carbocycles. The van der Waals surface area contributed by atoms with Gasteiger partial charge >= 0.3 is 0 Å². The molecule has 1 saturated carbocycles. The minimum atomic E-state index is 0.337. The van der Waals surface area contributed by atoms with Gasteiger partial charge in [-0.3, -0.25) is 0 Å². The zero-order valence-electron chi connectivity index (χ0n) is 8.83. The first-order valence-corrected chi connectivity index (χ1v) is 6.33. The van der Waals surface area contributed by atoms with E-state index in [2.05, 4.69) is 28.9 Å². The molecule has 1 aliphatic rings. The topological polar surface area (TPSA) is 35.8 Å². The van der Waals surface area contributed by atoms with Crippen LogP contribution in [0.25, 0.3) is 0 Å². The summed E-state index contributed by atoms with van der Waals surface area (Å²) in [7, 11) is 0. The number of rotatable bonds is 6. The molecule has 80 valence electrons. The van der Waals surface area contributed by atoms with Crippen LogP contribution in [-0.2, 0) is 6.42 Å². The summed E-state index contributed by atoms with van der Waals surface area (Å²) in [5, 5.41) is 14.3. The van der Waals surface area contributed by atoms with E-state index in [1.165, 1.54) is 17.7 Å². The third kappa shape index (κ3) is 3.05. The molecule has 1 N–H and O–H groups in total. The van der Waals surface area contributed by atoms with Gasteiger partial charge in [0.2, 0.25) is 0 Å². The van der Waals surface area contributed by atoms with E-state index in [0.717, 1.165) is 25.9 Å². The van der Waals surface area contributed by atoms with E-state index in [1.54, 1.807) is 0 Å². The highest BCUT2D eigenvalue weighted by Gasteiger charge is 2.41. The Hall–Kier alpha value is -0.850. The summed E-state index contributed by atoms with van der Waals surface area (Å²) in [6, 6.07) is 6.56. The number of hydrogen-bond acceptors (Lipinski definition) is 3. The molecule has 0 unspecified atom stereocenters. The second kappa shape index (κ2) is 4.78. The van der Waals surface area contributed by atoms with Crippen LogP contribution in [0.3, 0.4) is 0 Å². The number of nitrogens with one attached hydrogen (secondary N) is 1. The molecule has 2 nitrogen and oxygen atoms in total. The third-order valence-corrected chi connectivity index (χ3v) is 3.98. The minimum Gasteiger partial charge on any atom is -0.316 e. The van der Waals surface area contributed by atoms with Crippen molar-refractivity contribution >= 4 is 11.3 Å². The van der Waals surface area contributed by atoms with Gasteiger partial charge in [-0.2, -0.15) is 5.26 Å². The lowest BCUT2D eigenvalue weighted by Gasteiger charge is -2.11. The second-order valence-corrected chi connectivity index (χ2v) is 5.37. The molecule has 2 rings (SSSR count). The van der Waals surface area contributed by atoms with Crippen LogP contribution < -0.4 is 5.32 Å². The van der Waals surface area contributed by atoms with E-state index >= 15 is 0 Å². The molecule has 0 aliphatic heterocycles. The van der Waals surface area contributed by atoms with Crippen molar-refractivity contribution in [2.24, 2.45) is 5.41 Å². The van der Waals surface area contributed by atoms with E-state index in [1.807, 2.05) is 11.3 Å². The van der Waals surface area contributed by atoms with Crippen molar-refractivity contribution in [1.82, 2.24) is 5.32 Å². The summed E-state index contributed by atoms with van der Waals surface area (Å²) in [6.45, 7) is 2.06. The fourth-order valence-electron chi connectivity index (χ4n) is 1.78. The lowest BCUT2D eigenvalue weighted by atomic mass is 10.0. The maximum Gasteiger partial charge on any atom is 0.0628 e. The summed E-state index contributed by atoms with van der Waals surface area (Å²) < 4.78 is 0. The van der Waals surface area contributed by atoms with Gasteiger partial charge < -0.3 is 5.32 Å². The van der Waals surface area contributed by atoms with Crippen LogP contribution in [-0.4, -0.2) is 13.1 Å². The molecule has 0 radical (unpaired) electrons. The number of hydrogen-bond donors (Lipinski definition) is 1. The Balaban J connectivity index is 1.62. The summed E-state index contributed by atoms with van der Waals surface area (Å²) >= 11 is 1.81. The Kier molecular flexibility index (Phi) is 3.40. The maximum absolute atomic E-state index is 8.67. The zero-order valence-corrected chi connectivity index (χ0v) is 9.65. The van der Waals surface area contributed by atoms with Gasteiger partial charge in [-0.1, -0.05) is 6.07 Å². The predicted molar refractivity (Wildman–Crippen MR) is 62.8 cm³/mol. The maximum atomic E-state index is 8.67. The van der Waals surface area contributed by atoms with Crippen LogP contribution in [0.2, 0.25) is 0 Å². The Morgan fingerprint density at radius 2 is 2.40 bits per heavy atom. The Morgan fingerprint density at radius 1 is 1.53 bits per heavy atom. The summed E-state index contributed by atoms with van der Waals surface area (Å²) in [6.07, 6.45) is 4.29. The number of nitriles is 1. The van der Waals surface area contributed by atoms with Gasteiger partial charge in [-0.05, 0) is 42.7 Å². The minimum absolute atomic E-state index is 0.337. The first-order chi connectivity index (χ1) is 7.35. The fraction of sp³-hybridized carbons (Fsp3) is 0.583. The molecule has 0 atom stereocenters. The van der Waals surface area contributed by atoms with Crippen molar-refractivity contribution in [3.05, 3.63) is 22.4 Å². The van der Waals surface area contributed by atoms with Crippen molar-refractivity contribution in [3.63, 3.8) is 0 Å². The molecule has 15 heavy (non-hydrogen) atoms. The van der Waals surface area contributed by atoms with Gasteiger partial charge in [-0.15, -0.1) is 11.3 Å². The van der Waals surface area contributed by atoms with Crippen molar-refractivity contribution in [1.29, 1.82) is 5.26 Å². The largest absolute Gasteiger partial charge is 0.316 e. The van der Waals surface area contributed by atoms with Crippen LogP contribution in [0.5, 0.6) is 0 Å². The fourth-order valence-corrected chi connectivity index (χ4v) is 2.49. The van der Waals surface area contributed by atoms with Crippen molar-refractivity contribution in [2.75, 3.05) is 13.1 Å². The van der Waals surface area contributed by atoms with Gasteiger partial charge in [0, 0.05) is 17.8 Å².